The van der Waals surface area contributed by atoms with E-state index in [1.165, 1.54) is 11.8 Å². The van der Waals surface area contributed by atoms with Crippen molar-refractivity contribution in [2.75, 3.05) is 13.1 Å². The molecule has 0 fully saturated rings. The highest BCUT2D eigenvalue weighted by Gasteiger charge is 2.32. The first kappa shape index (κ1) is 14.6. The minimum Gasteiger partial charge on any atom is -0.334 e. The molecule has 0 saturated heterocycles. The zero-order valence-corrected chi connectivity index (χ0v) is 12.1. The lowest BCUT2D eigenvalue weighted by Crippen LogP contribution is -2.40. The monoisotopic (exact) mass is 287 g/mol. The summed E-state index contributed by atoms with van der Waals surface area (Å²) >= 11 is 1.47. The minimum atomic E-state index is -0.350. The molecule has 4 heteroatoms. The van der Waals surface area contributed by atoms with Crippen LogP contribution in [-0.2, 0) is 4.79 Å². The van der Waals surface area contributed by atoms with Gasteiger partial charge in [-0.2, -0.15) is 0 Å². The molecule has 2 rings (SSSR count). The van der Waals surface area contributed by atoms with Crippen molar-refractivity contribution < 1.29 is 9.59 Å². The van der Waals surface area contributed by atoms with Crippen molar-refractivity contribution >= 4 is 23.5 Å². The SMILES string of the molecule is C=CCN(CC=C)C(=O)C1CC(=O)c2ccccc2S1. The van der Waals surface area contributed by atoms with Gasteiger partial charge >= 0.3 is 0 Å². The van der Waals surface area contributed by atoms with Crippen molar-refractivity contribution in [1.29, 1.82) is 0 Å². The highest BCUT2D eigenvalue weighted by atomic mass is 32.2. The molecule has 0 aromatic heterocycles. The number of carbonyl (C=O) groups is 2. The maximum Gasteiger partial charge on any atom is 0.237 e. The average Bonchev–Trinajstić information content (AvgIpc) is 2.46. The topological polar surface area (TPSA) is 37.4 Å². The molecule has 20 heavy (non-hydrogen) atoms. The average molecular weight is 287 g/mol. The molecular formula is C16H17NO2S. The minimum absolute atomic E-state index is 0.0300. The van der Waals surface area contributed by atoms with Crippen LogP contribution in [0.15, 0.2) is 54.5 Å². The van der Waals surface area contributed by atoms with Crippen LogP contribution in [0.2, 0.25) is 0 Å². The summed E-state index contributed by atoms with van der Waals surface area (Å²) < 4.78 is 0. The Bertz CT molecular complexity index is 543. The summed E-state index contributed by atoms with van der Waals surface area (Å²) in [7, 11) is 0. The molecule has 1 aliphatic rings. The fourth-order valence-electron chi connectivity index (χ4n) is 2.18. The Kier molecular flexibility index (Phi) is 4.79. The van der Waals surface area contributed by atoms with Gasteiger partial charge in [0.2, 0.25) is 5.91 Å². The largest absolute Gasteiger partial charge is 0.334 e. The van der Waals surface area contributed by atoms with E-state index in [4.69, 9.17) is 0 Å². The van der Waals surface area contributed by atoms with E-state index in [9.17, 15) is 9.59 Å². The lowest BCUT2D eigenvalue weighted by atomic mass is 10.0. The van der Waals surface area contributed by atoms with Gasteiger partial charge in [0.25, 0.3) is 0 Å². The second-order valence-corrected chi connectivity index (χ2v) is 5.80. The van der Waals surface area contributed by atoms with Crippen molar-refractivity contribution in [2.45, 2.75) is 16.6 Å². The van der Waals surface area contributed by atoms with Gasteiger partial charge in [-0.3, -0.25) is 9.59 Å². The van der Waals surface area contributed by atoms with Crippen LogP contribution in [0.1, 0.15) is 16.8 Å². The third-order valence-electron chi connectivity index (χ3n) is 3.11. The van der Waals surface area contributed by atoms with Gasteiger partial charge < -0.3 is 4.90 Å². The number of benzene rings is 1. The molecule has 0 saturated carbocycles. The van der Waals surface area contributed by atoms with Gasteiger partial charge in [-0.25, -0.2) is 0 Å². The van der Waals surface area contributed by atoms with Crippen molar-refractivity contribution in [2.24, 2.45) is 0 Å². The van der Waals surface area contributed by atoms with Gasteiger partial charge in [-0.15, -0.1) is 24.9 Å². The van der Waals surface area contributed by atoms with E-state index < -0.39 is 0 Å². The van der Waals surface area contributed by atoms with Crippen molar-refractivity contribution in [3.05, 3.63) is 55.1 Å². The molecule has 1 aromatic rings. The molecule has 0 bridgehead atoms. The zero-order chi connectivity index (χ0) is 14.5. The van der Waals surface area contributed by atoms with Gasteiger partial charge in [0.05, 0.1) is 5.25 Å². The Labute approximate surface area is 123 Å². The van der Waals surface area contributed by atoms with E-state index >= 15 is 0 Å². The van der Waals surface area contributed by atoms with E-state index in [-0.39, 0.29) is 23.4 Å². The predicted molar refractivity (Wildman–Crippen MR) is 82.0 cm³/mol. The highest BCUT2D eigenvalue weighted by molar-refractivity contribution is 8.00. The second kappa shape index (κ2) is 6.57. The Hall–Kier alpha value is -1.81. The number of carbonyl (C=O) groups excluding carboxylic acids is 2. The first-order valence-corrected chi connectivity index (χ1v) is 7.34. The number of hydrogen-bond donors (Lipinski definition) is 0. The van der Waals surface area contributed by atoms with E-state index in [2.05, 4.69) is 13.2 Å². The summed E-state index contributed by atoms with van der Waals surface area (Å²) in [5, 5.41) is -0.350. The Morgan fingerprint density at radius 1 is 1.30 bits per heavy atom. The number of nitrogens with zero attached hydrogens (tertiary/aromatic N) is 1. The molecule has 1 unspecified atom stereocenters. The molecule has 0 N–H and O–H groups in total. The van der Waals surface area contributed by atoms with Crippen molar-refractivity contribution in [3.8, 4) is 0 Å². The molecule has 1 heterocycles. The molecule has 104 valence electrons. The smallest absolute Gasteiger partial charge is 0.237 e. The number of amides is 1. The summed E-state index contributed by atoms with van der Waals surface area (Å²) in [5.41, 5.74) is 0.723. The molecule has 0 aliphatic carbocycles. The van der Waals surface area contributed by atoms with Gasteiger partial charge in [0.1, 0.15) is 0 Å². The standard InChI is InChI=1S/C16H17NO2S/c1-3-9-17(10-4-2)16(19)15-11-13(18)12-7-5-6-8-14(12)20-15/h3-8,15H,1-2,9-11H2. The van der Waals surface area contributed by atoms with Crippen LogP contribution < -0.4 is 0 Å². The maximum absolute atomic E-state index is 12.5. The number of Topliss-reactive ketones (excluding diaryl/α,β-unsaturated/α-hetero) is 1. The van der Waals surface area contributed by atoms with Gasteiger partial charge in [-0.1, -0.05) is 30.4 Å². The first-order chi connectivity index (χ1) is 9.67. The molecule has 3 nitrogen and oxygen atoms in total. The fourth-order valence-corrected chi connectivity index (χ4v) is 3.44. The van der Waals surface area contributed by atoms with Crippen LogP contribution >= 0.6 is 11.8 Å². The molecule has 0 radical (unpaired) electrons. The number of ketones is 1. The summed E-state index contributed by atoms with van der Waals surface area (Å²) in [5.74, 6) is 0.00695. The van der Waals surface area contributed by atoms with Crippen LogP contribution in [0.25, 0.3) is 0 Å². The fraction of sp³-hybridized carbons (Fsp3) is 0.250. The highest BCUT2D eigenvalue weighted by Crippen LogP contribution is 2.35. The lowest BCUT2D eigenvalue weighted by Gasteiger charge is -2.27. The van der Waals surface area contributed by atoms with Gasteiger partial charge in [-0.05, 0) is 6.07 Å². The zero-order valence-electron chi connectivity index (χ0n) is 11.2. The van der Waals surface area contributed by atoms with E-state index in [1.54, 1.807) is 17.1 Å². The summed E-state index contributed by atoms with van der Waals surface area (Å²) in [6, 6.07) is 7.44. The Morgan fingerprint density at radius 3 is 2.60 bits per heavy atom. The maximum atomic E-state index is 12.5. The van der Waals surface area contributed by atoms with Crippen LogP contribution in [0.3, 0.4) is 0 Å². The van der Waals surface area contributed by atoms with E-state index in [0.717, 1.165) is 10.5 Å². The molecule has 1 aromatic carbocycles. The van der Waals surface area contributed by atoms with Gasteiger partial charge in [0, 0.05) is 30.0 Å². The Balaban J connectivity index is 2.18. The van der Waals surface area contributed by atoms with Crippen LogP contribution in [0.5, 0.6) is 0 Å². The molecule has 1 amide bonds. The number of rotatable bonds is 5. The van der Waals surface area contributed by atoms with Crippen molar-refractivity contribution in [3.63, 3.8) is 0 Å². The molecule has 1 atom stereocenters. The van der Waals surface area contributed by atoms with Crippen LogP contribution in [-0.4, -0.2) is 34.9 Å². The molecule has 1 aliphatic heterocycles. The first-order valence-electron chi connectivity index (χ1n) is 6.46. The molecular weight excluding hydrogens is 270 g/mol. The van der Waals surface area contributed by atoms with E-state index in [1.807, 2.05) is 24.3 Å². The predicted octanol–water partition coefficient (Wildman–Crippen LogP) is 2.93. The number of fused-ring (bicyclic) bond motifs is 1. The Morgan fingerprint density at radius 2 is 1.95 bits per heavy atom. The summed E-state index contributed by atoms with van der Waals surface area (Å²) in [4.78, 5) is 27.2. The van der Waals surface area contributed by atoms with Crippen molar-refractivity contribution in [1.82, 2.24) is 4.90 Å². The van der Waals surface area contributed by atoms with Gasteiger partial charge in [0.15, 0.2) is 5.78 Å². The third kappa shape index (κ3) is 3.02. The third-order valence-corrected chi connectivity index (χ3v) is 4.38. The van der Waals surface area contributed by atoms with Crippen LogP contribution in [0, 0.1) is 0 Å². The molecule has 0 spiro atoms. The second-order valence-electron chi connectivity index (χ2n) is 4.55. The van der Waals surface area contributed by atoms with Crippen LogP contribution in [0.4, 0.5) is 0 Å². The summed E-state index contributed by atoms with van der Waals surface area (Å²) in [6.07, 6.45) is 3.63. The lowest BCUT2D eigenvalue weighted by molar-refractivity contribution is -0.129. The number of thioether (sulfide) groups is 1. The summed E-state index contributed by atoms with van der Waals surface area (Å²) in [6.45, 7) is 8.26. The number of hydrogen-bond acceptors (Lipinski definition) is 3. The normalized spacial score (nSPS) is 17.2. The van der Waals surface area contributed by atoms with E-state index in [0.29, 0.717) is 13.1 Å². The quantitative estimate of drug-likeness (QED) is 0.781.